The standard InChI is InChI=1S/C13H14F2N4O2S2/c14-12(15)23-10-5-1-4-9(19(17)13(20)18-16)11(10)22-7-8-3-2-6-21-8/h1-6,12H,7,16-17H2,(H,18,20). The second-order valence-corrected chi connectivity index (χ2v) is 6.19. The highest BCUT2D eigenvalue weighted by Crippen LogP contribution is 2.41. The molecule has 0 radical (unpaired) electrons. The number of anilines is 1. The molecule has 0 unspecified atom stereocenters. The lowest BCUT2D eigenvalue weighted by molar-refractivity contribution is 0.246. The Morgan fingerprint density at radius 3 is 2.74 bits per heavy atom. The van der Waals surface area contributed by atoms with Gasteiger partial charge in [0.05, 0.1) is 17.7 Å². The second kappa shape index (κ2) is 8.20. The summed E-state index contributed by atoms with van der Waals surface area (Å²) in [4.78, 5) is 12.4. The van der Waals surface area contributed by atoms with E-state index < -0.39 is 11.8 Å². The van der Waals surface area contributed by atoms with E-state index in [4.69, 9.17) is 16.1 Å². The SMILES string of the molecule is NNC(=O)N(N)c1cccc(SC(F)F)c1SCc1ccco1. The van der Waals surface area contributed by atoms with Crippen LogP contribution in [0.25, 0.3) is 0 Å². The lowest BCUT2D eigenvalue weighted by atomic mass is 10.3. The molecule has 2 rings (SSSR count). The van der Waals surface area contributed by atoms with Crippen LogP contribution in [0.3, 0.4) is 0 Å². The molecule has 0 fully saturated rings. The van der Waals surface area contributed by atoms with Crippen molar-refractivity contribution in [2.45, 2.75) is 21.3 Å². The topological polar surface area (TPSA) is 97.5 Å². The quantitative estimate of drug-likeness (QED) is 0.317. The Bertz CT molecular complexity index is 655. The maximum Gasteiger partial charge on any atom is 0.350 e. The van der Waals surface area contributed by atoms with Crippen molar-refractivity contribution >= 4 is 35.2 Å². The van der Waals surface area contributed by atoms with Gasteiger partial charge in [0, 0.05) is 9.79 Å². The molecule has 2 aromatic rings. The van der Waals surface area contributed by atoms with Gasteiger partial charge in [-0.25, -0.2) is 21.5 Å². The molecule has 0 saturated heterocycles. The van der Waals surface area contributed by atoms with Gasteiger partial charge >= 0.3 is 6.03 Å². The maximum absolute atomic E-state index is 12.8. The number of furan rings is 1. The molecular formula is C13H14F2N4O2S2. The van der Waals surface area contributed by atoms with E-state index in [0.29, 0.717) is 33.1 Å². The number of nitrogens with two attached hydrogens (primary N) is 2. The summed E-state index contributed by atoms with van der Waals surface area (Å²) >= 11 is 1.62. The number of benzene rings is 1. The van der Waals surface area contributed by atoms with Crippen LogP contribution in [0.15, 0.2) is 50.8 Å². The number of hydrazine groups is 2. The van der Waals surface area contributed by atoms with Crippen LogP contribution in [0.2, 0.25) is 0 Å². The van der Waals surface area contributed by atoms with Gasteiger partial charge in [-0.1, -0.05) is 17.8 Å². The van der Waals surface area contributed by atoms with Crippen LogP contribution in [-0.2, 0) is 5.75 Å². The van der Waals surface area contributed by atoms with Crippen LogP contribution in [0.4, 0.5) is 19.3 Å². The highest BCUT2D eigenvalue weighted by molar-refractivity contribution is 8.02. The lowest BCUT2D eigenvalue weighted by Crippen LogP contribution is -2.47. The molecule has 0 aliphatic heterocycles. The average molecular weight is 360 g/mol. The van der Waals surface area contributed by atoms with Gasteiger partial charge < -0.3 is 4.42 Å². The average Bonchev–Trinajstić information content (AvgIpc) is 3.04. The van der Waals surface area contributed by atoms with Gasteiger partial charge in [-0.15, -0.1) is 11.8 Å². The van der Waals surface area contributed by atoms with E-state index in [1.54, 1.807) is 30.3 Å². The number of thioether (sulfide) groups is 2. The molecule has 23 heavy (non-hydrogen) atoms. The molecule has 0 aliphatic rings. The van der Waals surface area contributed by atoms with Crippen LogP contribution in [0.1, 0.15) is 5.76 Å². The van der Waals surface area contributed by atoms with Crippen molar-refractivity contribution in [1.82, 2.24) is 5.43 Å². The predicted molar refractivity (Wildman–Crippen MR) is 86.0 cm³/mol. The van der Waals surface area contributed by atoms with E-state index in [9.17, 15) is 13.6 Å². The third-order valence-corrected chi connectivity index (χ3v) is 4.76. The van der Waals surface area contributed by atoms with Crippen LogP contribution in [-0.4, -0.2) is 11.8 Å². The van der Waals surface area contributed by atoms with Gasteiger partial charge in [-0.2, -0.15) is 8.78 Å². The third kappa shape index (κ3) is 4.61. The van der Waals surface area contributed by atoms with Crippen molar-refractivity contribution in [1.29, 1.82) is 0 Å². The number of hydrogen-bond acceptors (Lipinski definition) is 6. The first kappa shape index (κ1) is 17.6. The van der Waals surface area contributed by atoms with Crippen LogP contribution >= 0.6 is 23.5 Å². The number of urea groups is 1. The van der Waals surface area contributed by atoms with Crippen molar-refractivity contribution in [3.63, 3.8) is 0 Å². The highest BCUT2D eigenvalue weighted by atomic mass is 32.2. The highest BCUT2D eigenvalue weighted by Gasteiger charge is 2.20. The Kier molecular flexibility index (Phi) is 6.28. The normalized spacial score (nSPS) is 10.8. The van der Waals surface area contributed by atoms with E-state index in [0.717, 1.165) is 5.01 Å². The molecule has 0 atom stereocenters. The molecule has 1 aromatic heterocycles. The van der Waals surface area contributed by atoms with Crippen molar-refractivity contribution in [3.05, 3.63) is 42.4 Å². The number of nitrogens with one attached hydrogen (secondary N) is 1. The molecule has 5 N–H and O–H groups in total. The van der Waals surface area contributed by atoms with Gasteiger partial charge in [0.15, 0.2) is 0 Å². The zero-order valence-electron chi connectivity index (χ0n) is 11.7. The van der Waals surface area contributed by atoms with E-state index in [-0.39, 0.29) is 5.69 Å². The van der Waals surface area contributed by atoms with Gasteiger partial charge in [0.25, 0.3) is 5.76 Å². The molecule has 0 bridgehead atoms. The van der Waals surface area contributed by atoms with Crippen molar-refractivity contribution in [2.75, 3.05) is 5.01 Å². The molecule has 0 aliphatic carbocycles. The molecule has 124 valence electrons. The smallest absolute Gasteiger partial charge is 0.350 e. The molecule has 1 aromatic carbocycles. The number of carbonyl (C=O) groups is 1. The fraction of sp³-hybridized carbons (Fsp3) is 0.154. The number of nitrogens with zero attached hydrogens (tertiary/aromatic N) is 1. The Labute approximate surface area is 139 Å². The zero-order chi connectivity index (χ0) is 16.8. The summed E-state index contributed by atoms with van der Waals surface area (Å²) in [6.45, 7) is 0. The van der Waals surface area contributed by atoms with Crippen LogP contribution in [0, 0.1) is 0 Å². The van der Waals surface area contributed by atoms with E-state index in [1.807, 2.05) is 5.43 Å². The largest absolute Gasteiger partial charge is 0.468 e. The lowest BCUT2D eigenvalue weighted by Gasteiger charge is -2.21. The van der Waals surface area contributed by atoms with Gasteiger partial charge in [-0.05, 0) is 24.3 Å². The minimum atomic E-state index is -2.59. The summed E-state index contributed by atoms with van der Waals surface area (Å²) in [5, 5.41) is 0.778. The molecule has 6 nitrogen and oxygen atoms in total. The molecule has 1 heterocycles. The van der Waals surface area contributed by atoms with Crippen molar-refractivity contribution in [3.8, 4) is 0 Å². The summed E-state index contributed by atoms with van der Waals surface area (Å²) in [5.74, 6) is 9.25. The second-order valence-electron chi connectivity index (χ2n) is 4.17. The molecule has 10 heteroatoms. The van der Waals surface area contributed by atoms with E-state index in [2.05, 4.69) is 0 Å². The first-order valence-corrected chi connectivity index (χ1v) is 8.18. The number of rotatable bonds is 6. The summed E-state index contributed by atoms with van der Waals surface area (Å²) in [7, 11) is 0. The Morgan fingerprint density at radius 1 is 1.35 bits per heavy atom. The molecule has 2 amide bonds. The monoisotopic (exact) mass is 360 g/mol. The fourth-order valence-corrected chi connectivity index (χ4v) is 3.60. The first-order valence-electron chi connectivity index (χ1n) is 6.31. The summed E-state index contributed by atoms with van der Waals surface area (Å²) in [6.07, 6.45) is 1.52. The summed E-state index contributed by atoms with van der Waals surface area (Å²) in [6, 6.07) is 7.37. The third-order valence-electron chi connectivity index (χ3n) is 2.71. The number of amides is 2. The summed E-state index contributed by atoms with van der Waals surface area (Å²) in [5.41, 5.74) is 2.17. The number of carbonyl (C=O) groups excluding carboxylic acids is 1. The summed E-state index contributed by atoms with van der Waals surface area (Å²) < 4.78 is 30.8. The van der Waals surface area contributed by atoms with Crippen LogP contribution in [0.5, 0.6) is 0 Å². The van der Waals surface area contributed by atoms with E-state index >= 15 is 0 Å². The maximum atomic E-state index is 12.8. The van der Waals surface area contributed by atoms with Crippen molar-refractivity contribution < 1.29 is 18.0 Å². The molecular weight excluding hydrogens is 346 g/mol. The molecule has 0 saturated carbocycles. The van der Waals surface area contributed by atoms with Gasteiger partial charge in [0.2, 0.25) is 0 Å². The molecule has 0 spiro atoms. The Balaban J connectivity index is 2.33. The van der Waals surface area contributed by atoms with E-state index in [1.165, 1.54) is 18.0 Å². The van der Waals surface area contributed by atoms with Crippen molar-refractivity contribution in [2.24, 2.45) is 11.7 Å². The minimum Gasteiger partial charge on any atom is -0.468 e. The van der Waals surface area contributed by atoms with Gasteiger partial charge in [0.1, 0.15) is 5.76 Å². The number of halogens is 2. The Hall–Kier alpha value is -1.75. The Morgan fingerprint density at radius 2 is 2.13 bits per heavy atom. The number of alkyl halides is 2. The van der Waals surface area contributed by atoms with Gasteiger partial charge in [-0.3, -0.25) is 5.43 Å². The fourth-order valence-electron chi connectivity index (χ4n) is 1.74. The first-order chi connectivity index (χ1) is 11.0. The zero-order valence-corrected chi connectivity index (χ0v) is 13.4. The number of hydrogen-bond donors (Lipinski definition) is 3. The van der Waals surface area contributed by atoms with Crippen LogP contribution < -0.4 is 22.1 Å². The minimum absolute atomic E-state index is 0.273. The predicted octanol–water partition coefficient (Wildman–Crippen LogP) is 3.15.